The summed E-state index contributed by atoms with van der Waals surface area (Å²) in [6, 6.07) is 1.87. The molecule has 2 rings (SSSR count). The van der Waals surface area contributed by atoms with Crippen LogP contribution in [0.15, 0.2) is 30.9 Å². The van der Waals surface area contributed by atoms with Crippen LogP contribution in [0.1, 0.15) is 35.1 Å². The average Bonchev–Trinajstić information content (AvgIpc) is 2.83. The van der Waals surface area contributed by atoms with Gasteiger partial charge in [-0.2, -0.15) is 0 Å². The molecule has 0 spiro atoms. The number of nitrogens with zero attached hydrogens (tertiary/aromatic N) is 4. The minimum absolute atomic E-state index is 0.00560. The van der Waals surface area contributed by atoms with E-state index in [1.165, 1.54) is 0 Å². The van der Waals surface area contributed by atoms with Crippen LogP contribution in [0, 0.1) is 6.92 Å². The van der Waals surface area contributed by atoms with Crippen molar-refractivity contribution in [3.8, 4) is 0 Å². The maximum atomic E-state index is 12.6. The van der Waals surface area contributed by atoms with Gasteiger partial charge in [0.2, 0.25) is 0 Å². The van der Waals surface area contributed by atoms with Crippen LogP contribution < -0.4 is 0 Å². The van der Waals surface area contributed by atoms with Gasteiger partial charge in [0.15, 0.2) is 0 Å². The molecule has 0 atom stereocenters. The molecule has 0 radical (unpaired) electrons. The lowest BCUT2D eigenvalue weighted by Gasteiger charge is -2.22. The van der Waals surface area contributed by atoms with Crippen molar-refractivity contribution < 1.29 is 4.79 Å². The Morgan fingerprint density at radius 2 is 2.20 bits per heavy atom. The summed E-state index contributed by atoms with van der Waals surface area (Å²) < 4.78 is 1.93. The number of hydrogen-bond acceptors (Lipinski definition) is 3. The summed E-state index contributed by atoms with van der Waals surface area (Å²) >= 11 is 0. The first-order chi connectivity index (χ1) is 9.61. The monoisotopic (exact) mass is 272 g/mol. The zero-order chi connectivity index (χ0) is 14.5. The maximum absolute atomic E-state index is 12.6. The number of carbonyl (C=O) groups is 1. The Hall–Kier alpha value is -2.17. The second kappa shape index (κ2) is 6.32. The summed E-state index contributed by atoms with van der Waals surface area (Å²) in [5, 5.41) is 0. The summed E-state index contributed by atoms with van der Waals surface area (Å²) in [5.41, 5.74) is 1.62. The molecular formula is C15H20N4O. The first-order valence-electron chi connectivity index (χ1n) is 6.79. The van der Waals surface area contributed by atoms with Crippen LogP contribution in [0.3, 0.4) is 0 Å². The van der Waals surface area contributed by atoms with E-state index in [1.807, 2.05) is 35.7 Å². The third kappa shape index (κ3) is 3.23. The van der Waals surface area contributed by atoms with Gasteiger partial charge in [0.25, 0.3) is 5.91 Å². The van der Waals surface area contributed by atoms with E-state index in [1.54, 1.807) is 18.6 Å². The molecule has 0 aliphatic heterocycles. The van der Waals surface area contributed by atoms with Gasteiger partial charge in [0.1, 0.15) is 5.82 Å². The standard InChI is InChI=1S/C15H20N4O/c1-4-6-19(11-14-17-5-7-18(14)3)15(20)13-8-12(2)9-16-10-13/h5,7-10H,4,6,11H2,1-3H3. The van der Waals surface area contributed by atoms with E-state index >= 15 is 0 Å². The van der Waals surface area contributed by atoms with Crippen molar-refractivity contribution in [3.05, 3.63) is 47.8 Å². The average molecular weight is 272 g/mol. The highest BCUT2D eigenvalue weighted by Gasteiger charge is 2.17. The highest BCUT2D eigenvalue weighted by Crippen LogP contribution is 2.10. The van der Waals surface area contributed by atoms with Gasteiger partial charge in [-0.1, -0.05) is 6.92 Å². The van der Waals surface area contributed by atoms with E-state index in [-0.39, 0.29) is 5.91 Å². The Balaban J connectivity index is 2.20. The van der Waals surface area contributed by atoms with Crippen molar-refractivity contribution in [1.82, 2.24) is 19.4 Å². The van der Waals surface area contributed by atoms with Crippen molar-refractivity contribution in [2.45, 2.75) is 26.8 Å². The van der Waals surface area contributed by atoms with Gasteiger partial charge in [-0.25, -0.2) is 4.98 Å². The molecule has 5 nitrogen and oxygen atoms in total. The third-order valence-corrected chi connectivity index (χ3v) is 3.16. The summed E-state index contributed by atoms with van der Waals surface area (Å²) in [7, 11) is 1.94. The number of aromatic nitrogens is 3. The van der Waals surface area contributed by atoms with E-state index < -0.39 is 0 Å². The highest BCUT2D eigenvalue weighted by atomic mass is 16.2. The molecule has 0 aliphatic rings. The molecule has 0 aromatic carbocycles. The molecule has 0 fully saturated rings. The van der Waals surface area contributed by atoms with E-state index in [2.05, 4.69) is 16.9 Å². The minimum Gasteiger partial charge on any atom is -0.337 e. The van der Waals surface area contributed by atoms with Crippen molar-refractivity contribution in [1.29, 1.82) is 0 Å². The maximum Gasteiger partial charge on any atom is 0.255 e. The van der Waals surface area contributed by atoms with Crippen LogP contribution in [0.5, 0.6) is 0 Å². The number of carbonyl (C=O) groups excluding carboxylic acids is 1. The van der Waals surface area contributed by atoms with Crippen LogP contribution in [-0.4, -0.2) is 31.9 Å². The van der Waals surface area contributed by atoms with Gasteiger partial charge in [0, 0.05) is 38.4 Å². The molecule has 0 saturated carbocycles. The first kappa shape index (κ1) is 14.2. The van der Waals surface area contributed by atoms with Crippen LogP contribution in [-0.2, 0) is 13.6 Å². The van der Waals surface area contributed by atoms with Gasteiger partial charge in [-0.3, -0.25) is 9.78 Å². The van der Waals surface area contributed by atoms with Crippen LogP contribution in [0.4, 0.5) is 0 Å². The molecule has 106 valence electrons. The molecule has 2 aromatic heterocycles. The highest BCUT2D eigenvalue weighted by molar-refractivity contribution is 5.94. The first-order valence-corrected chi connectivity index (χ1v) is 6.79. The van der Waals surface area contributed by atoms with Crippen LogP contribution >= 0.6 is 0 Å². The largest absolute Gasteiger partial charge is 0.337 e. The van der Waals surface area contributed by atoms with Crippen molar-refractivity contribution >= 4 is 5.91 Å². The normalized spacial score (nSPS) is 10.6. The van der Waals surface area contributed by atoms with Gasteiger partial charge >= 0.3 is 0 Å². The number of pyridine rings is 1. The minimum atomic E-state index is 0.00560. The smallest absolute Gasteiger partial charge is 0.255 e. The number of hydrogen-bond donors (Lipinski definition) is 0. The van der Waals surface area contributed by atoms with Crippen LogP contribution in [0.2, 0.25) is 0 Å². The molecule has 1 amide bonds. The quantitative estimate of drug-likeness (QED) is 0.838. The summed E-state index contributed by atoms with van der Waals surface area (Å²) in [6.07, 6.45) is 7.92. The molecule has 0 saturated heterocycles. The van der Waals surface area contributed by atoms with E-state index in [0.717, 1.165) is 17.8 Å². The third-order valence-electron chi connectivity index (χ3n) is 3.16. The summed E-state index contributed by atoms with van der Waals surface area (Å²) in [5.74, 6) is 0.887. The molecule has 0 aliphatic carbocycles. The SMILES string of the molecule is CCCN(Cc1nccn1C)C(=O)c1cncc(C)c1. The van der Waals surface area contributed by atoms with E-state index in [9.17, 15) is 4.79 Å². The second-order valence-electron chi connectivity index (χ2n) is 4.93. The van der Waals surface area contributed by atoms with Gasteiger partial charge in [0.05, 0.1) is 12.1 Å². The molecule has 2 aromatic rings. The Morgan fingerprint density at radius 1 is 1.40 bits per heavy atom. The number of rotatable bonds is 5. The van der Waals surface area contributed by atoms with Crippen LogP contribution in [0.25, 0.3) is 0 Å². The zero-order valence-electron chi connectivity index (χ0n) is 12.2. The van der Waals surface area contributed by atoms with Crippen molar-refractivity contribution in [3.63, 3.8) is 0 Å². The predicted molar refractivity (Wildman–Crippen MR) is 77.2 cm³/mol. The van der Waals surface area contributed by atoms with Gasteiger partial charge in [-0.15, -0.1) is 0 Å². The fourth-order valence-corrected chi connectivity index (χ4v) is 2.10. The molecular weight excluding hydrogens is 252 g/mol. The van der Waals surface area contributed by atoms with E-state index in [4.69, 9.17) is 0 Å². The second-order valence-corrected chi connectivity index (χ2v) is 4.93. The molecule has 5 heteroatoms. The lowest BCUT2D eigenvalue weighted by Crippen LogP contribution is -2.32. The Kier molecular flexibility index (Phi) is 4.50. The molecule has 2 heterocycles. The molecule has 0 unspecified atom stereocenters. The predicted octanol–water partition coefficient (Wildman–Crippen LogP) is 2.18. The number of aryl methyl sites for hydroxylation is 2. The summed E-state index contributed by atoms with van der Waals surface area (Å²) in [4.78, 5) is 22.8. The lowest BCUT2D eigenvalue weighted by molar-refractivity contribution is 0.0737. The Bertz CT molecular complexity index is 591. The fraction of sp³-hybridized carbons (Fsp3) is 0.400. The van der Waals surface area contributed by atoms with Gasteiger partial charge in [-0.05, 0) is 25.0 Å². The summed E-state index contributed by atoms with van der Waals surface area (Å²) in [6.45, 7) is 5.23. The number of imidazole rings is 1. The molecule has 20 heavy (non-hydrogen) atoms. The van der Waals surface area contributed by atoms with Gasteiger partial charge < -0.3 is 9.47 Å². The van der Waals surface area contributed by atoms with E-state index in [0.29, 0.717) is 18.7 Å². The Labute approximate surface area is 119 Å². The number of amides is 1. The van der Waals surface area contributed by atoms with Crippen molar-refractivity contribution in [2.24, 2.45) is 7.05 Å². The lowest BCUT2D eigenvalue weighted by atomic mass is 10.2. The Morgan fingerprint density at radius 3 is 2.80 bits per heavy atom. The topological polar surface area (TPSA) is 51.0 Å². The van der Waals surface area contributed by atoms with Crippen molar-refractivity contribution in [2.75, 3.05) is 6.54 Å². The zero-order valence-corrected chi connectivity index (χ0v) is 12.2. The molecule has 0 N–H and O–H groups in total. The molecule has 0 bridgehead atoms. The fourth-order valence-electron chi connectivity index (χ4n) is 2.10.